The number of rotatable bonds is 18. The fourth-order valence-electron chi connectivity index (χ4n) is 24.4. The molecule has 9 fully saturated rings. The number of phenols is 9. The number of carbonyl (C=O) groups is 6. The van der Waals surface area contributed by atoms with Crippen LogP contribution in [0.4, 0.5) is 0 Å². The van der Waals surface area contributed by atoms with Crippen molar-refractivity contribution in [3.05, 3.63) is 62.2 Å². The van der Waals surface area contributed by atoms with Gasteiger partial charge in [0.2, 0.25) is 0 Å². The number of hydrogen-bond acceptors (Lipinski definition) is 17. The van der Waals surface area contributed by atoms with Crippen LogP contribution < -0.4 is 0 Å². The molecule has 0 heterocycles. The van der Waals surface area contributed by atoms with E-state index in [9.17, 15) is 84.9 Å². The molecule has 9 saturated carbocycles. The van der Waals surface area contributed by atoms with Crippen molar-refractivity contribution in [1.29, 1.82) is 0 Å². The summed E-state index contributed by atoms with van der Waals surface area (Å²) in [6.07, 6.45) is 15.0. The van der Waals surface area contributed by atoms with E-state index in [1.807, 2.05) is 13.8 Å². The SMILES string of the molecule is C=C1CC[C@@H]2[C@H]([C@H]3[C@H]1CC[C@]3(C)[C@@H](CC(C)C)c1c(O)c(C=O)c(O)c(C=O)c1O)C2(C)C.CC(C)C[C@@H](c1c(O)c(C=O)c(O)c(C=O)c1O)[C@@]1(C)CC[C@@H]2[C@@H]1[C@H]1[C@@H](CC[C@@]2(C)O)C1(C)C.CC(C)C[C@H](c1c(O)c(C=O)c(O)c(C=O)c1O)[C@@]1(C)CC[C@@H]2[C@@H]1[C@H]1[C@@H](CC[C@@]2(C)O)C1(C)C. The highest BCUT2D eigenvalue weighted by Crippen LogP contribution is 2.79. The van der Waals surface area contributed by atoms with Gasteiger partial charge in [0.25, 0.3) is 0 Å². The Morgan fingerprint density at radius 1 is 0.337 bits per heavy atom. The Labute approximate surface area is 598 Å². The molecule has 11 N–H and O–H groups in total. The largest absolute Gasteiger partial charge is 0.507 e. The van der Waals surface area contributed by atoms with E-state index in [2.05, 4.69) is 110 Å². The number of aromatic hydroxyl groups is 9. The first-order valence-electron chi connectivity index (χ1n) is 37.6. The van der Waals surface area contributed by atoms with E-state index in [4.69, 9.17) is 0 Å². The standard InChI is InChI=1S/2C28H40O6.C28H38O5/c2*1-14(2)11-19(20-24(32)15(12-29)23(31)16(13-30)25(20)33)27(5)9-7-18-22(27)21-17(26(21,3)4)8-10-28(18,6)34;1-14(2)11-20(21-25(32)17(12-29)24(31)18(13-30)26(21)33)28(6)10-9-16-15(3)7-8-19-23(22(16)28)27(19,4)5/h2*12-14,17-19,21-22,31-34H,7-11H2,1-6H3;12-14,16,19-20,22-23,31-33H,3,7-11H2,1-2,4-6H3/t17-,18-,19+,21-,22-,27-,28-;17-,18-,19-,21-,22-,27-,28-;16-,19+,20-,22+,23+,28+/m110/s1. The molecule has 20 atom stereocenters. The van der Waals surface area contributed by atoms with Crippen molar-refractivity contribution in [2.24, 2.45) is 121 Å². The maximum atomic E-state index is 11.8. The monoisotopic (exact) mass is 1400 g/mol. The number of aldehydes is 6. The molecule has 9 aliphatic rings. The number of aliphatic hydroxyl groups is 2. The number of fused-ring (bicyclic) bond motifs is 9. The number of phenolic OH excluding ortho intramolecular Hbond substituents is 9. The molecular formula is C84H118O17. The predicted molar refractivity (Wildman–Crippen MR) is 387 cm³/mol. The smallest absolute Gasteiger partial charge is 0.157 e. The zero-order valence-corrected chi connectivity index (χ0v) is 63.0. The zero-order valence-electron chi connectivity index (χ0n) is 63.0. The van der Waals surface area contributed by atoms with E-state index in [0.717, 1.165) is 77.0 Å². The van der Waals surface area contributed by atoms with E-state index in [-0.39, 0.29) is 142 Å². The van der Waals surface area contributed by atoms with Gasteiger partial charge in [-0.25, -0.2) is 0 Å². The minimum atomic E-state index is -0.782. The number of carbonyl (C=O) groups excluding carboxylic acids is 6. The Balaban J connectivity index is 0.000000163. The summed E-state index contributed by atoms with van der Waals surface area (Å²) in [7, 11) is 0. The number of benzene rings is 3. The van der Waals surface area contributed by atoms with Crippen molar-refractivity contribution in [3.8, 4) is 51.7 Å². The number of hydrogen-bond donors (Lipinski definition) is 11. The molecule has 0 spiro atoms. The molecule has 0 unspecified atom stereocenters. The van der Waals surface area contributed by atoms with Gasteiger partial charge in [0.05, 0.1) is 44.6 Å². The molecule has 0 bridgehead atoms. The summed E-state index contributed by atoms with van der Waals surface area (Å²) in [5.74, 6) is -0.595. The molecule has 9 aliphatic carbocycles. The molecule has 0 aliphatic heterocycles. The first-order chi connectivity index (χ1) is 46.9. The summed E-state index contributed by atoms with van der Waals surface area (Å²) >= 11 is 0. The van der Waals surface area contributed by atoms with E-state index in [0.29, 0.717) is 104 Å². The first-order valence-corrected chi connectivity index (χ1v) is 37.6. The molecule has 17 heteroatoms. The van der Waals surface area contributed by atoms with Gasteiger partial charge < -0.3 is 56.2 Å². The van der Waals surface area contributed by atoms with Gasteiger partial charge in [0, 0.05) is 16.7 Å². The average molecular weight is 1400 g/mol. The Hall–Kier alpha value is -6.46. The van der Waals surface area contributed by atoms with Crippen molar-refractivity contribution in [3.63, 3.8) is 0 Å². The third-order valence-electron chi connectivity index (χ3n) is 29.8. The minimum absolute atomic E-state index is 0.0985. The fourth-order valence-corrected chi connectivity index (χ4v) is 24.4. The second-order valence-corrected chi connectivity index (χ2v) is 37.5. The van der Waals surface area contributed by atoms with E-state index in [1.165, 1.54) is 5.57 Å². The Kier molecular flexibility index (Phi) is 20.3. The van der Waals surface area contributed by atoms with Gasteiger partial charge in [-0.15, -0.1) is 0 Å². The van der Waals surface area contributed by atoms with Crippen molar-refractivity contribution < 1.29 is 84.9 Å². The Bertz CT molecular complexity index is 3520. The van der Waals surface area contributed by atoms with Crippen LogP contribution >= 0.6 is 0 Å². The summed E-state index contributed by atoms with van der Waals surface area (Å²) in [5.41, 5.74) is -2.21. The van der Waals surface area contributed by atoms with Crippen molar-refractivity contribution in [2.45, 2.75) is 243 Å². The van der Waals surface area contributed by atoms with Crippen molar-refractivity contribution in [1.82, 2.24) is 0 Å². The maximum absolute atomic E-state index is 11.8. The highest BCUT2D eigenvalue weighted by molar-refractivity contribution is 5.97. The maximum Gasteiger partial charge on any atom is 0.157 e. The van der Waals surface area contributed by atoms with Crippen LogP contribution in [-0.4, -0.2) is 105 Å². The molecule has 0 saturated heterocycles. The molecule has 3 aromatic rings. The van der Waals surface area contributed by atoms with Gasteiger partial charge in [-0.1, -0.05) is 116 Å². The van der Waals surface area contributed by atoms with E-state index in [1.54, 1.807) is 0 Å². The van der Waals surface area contributed by atoms with Gasteiger partial charge in [-0.2, -0.15) is 0 Å². The van der Waals surface area contributed by atoms with Gasteiger partial charge in [0.15, 0.2) is 37.7 Å². The van der Waals surface area contributed by atoms with Crippen LogP contribution in [0, 0.1) is 121 Å². The molecule has 17 nitrogen and oxygen atoms in total. The summed E-state index contributed by atoms with van der Waals surface area (Å²) in [6, 6.07) is 0. The molecule has 556 valence electrons. The molecule has 101 heavy (non-hydrogen) atoms. The third kappa shape index (κ3) is 12.1. The lowest BCUT2D eigenvalue weighted by Gasteiger charge is -2.45. The van der Waals surface area contributed by atoms with Crippen LogP contribution in [0.15, 0.2) is 12.2 Å². The molecule has 0 radical (unpaired) electrons. The zero-order chi connectivity index (χ0) is 75.2. The summed E-state index contributed by atoms with van der Waals surface area (Å²) < 4.78 is 0. The number of allylic oxidation sites excluding steroid dienone is 1. The van der Waals surface area contributed by atoms with Crippen LogP contribution in [0.1, 0.15) is 311 Å². The molecule has 3 aromatic carbocycles. The van der Waals surface area contributed by atoms with Gasteiger partial charge in [-0.05, 0) is 249 Å². The van der Waals surface area contributed by atoms with Crippen molar-refractivity contribution >= 4 is 37.7 Å². The van der Waals surface area contributed by atoms with Crippen LogP contribution in [0.5, 0.6) is 51.7 Å². The summed E-state index contributed by atoms with van der Waals surface area (Å²) in [6.45, 7) is 41.5. The molecule has 12 rings (SSSR count). The molecule has 0 amide bonds. The van der Waals surface area contributed by atoms with Crippen molar-refractivity contribution in [2.75, 3.05) is 0 Å². The summed E-state index contributed by atoms with van der Waals surface area (Å²) in [5, 5.41) is 121. The topological polar surface area (TPSA) is 325 Å². The van der Waals surface area contributed by atoms with E-state index >= 15 is 0 Å². The normalized spacial score (nSPS) is 35.7. The van der Waals surface area contributed by atoms with E-state index < -0.39 is 62.9 Å². The lowest BCUT2D eigenvalue weighted by molar-refractivity contribution is -0.0444. The van der Waals surface area contributed by atoms with Crippen LogP contribution in [0.2, 0.25) is 0 Å². The lowest BCUT2D eigenvalue weighted by Crippen LogP contribution is -2.42. The Morgan fingerprint density at radius 2 is 0.574 bits per heavy atom. The first kappa shape index (κ1) is 77.2. The molecular weight excluding hydrogens is 1280 g/mol. The van der Waals surface area contributed by atoms with Crippen LogP contribution in [0.3, 0.4) is 0 Å². The van der Waals surface area contributed by atoms with Gasteiger partial charge in [-0.3, -0.25) is 28.8 Å². The Morgan fingerprint density at radius 3 is 0.842 bits per heavy atom. The minimum Gasteiger partial charge on any atom is -0.507 e. The molecule has 0 aromatic heterocycles. The second kappa shape index (κ2) is 26.6. The van der Waals surface area contributed by atoms with Crippen LogP contribution in [-0.2, 0) is 0 Å². The van der Waals surface area contributed by atoms with Crippen LogP contribution in [0.25, 0.3) is 0 Å². The average Bonchev–Trinajstić information content (AvgIpc) is 1.53. The highest BCUT2D eigenvalue weighted by Gasteiger charge is 2.73. The lowest BCUT2D eigenvalue weighted by atomic mass is 9.59. The third-order valence-corrected chi connectivity index (χ3v) is 29.8. The quantitative estimate of drug-likeness (QED) is 0.0416. The van der Waals surface area contributed by atoms with Gasteiger partial charge >= 0.3 is 0 Å². The predicted octanol–water partition coefficient (Wildman–Crippen LogP) is 17.0. The highest BCUT2D eigenvalue weighted by atomic mass is 16.3. The fraction of sp³-hybridized carbons (Fsp3) is 0.690. The summed E-state index contributed by atoms with van der Waals surface area (Å²) in [4.78, 5) is 70.6. The van der Waals surface area contributed by atoms with Gasteiger partial charge in [0.1, 0.15) is 51.7 Å². The second-order valence-electron chi connectivity index (χ2n) is 37.5.